The fourth-order valence-electron chi connectivity index (χ4n) is 2.59. The molecule has 0 spiro atoms. The Morgan fingerprint density at radius 3 is 2.80 bits per heavy atom. The SMILES string of the molecule is CC(C)c1cc(C(=O)N2CCOCC2)cc2[nH]cnc12. The first-order valence-corrected chi connectivity index (χ1v) is 7.01. The number of H-pyrrole nitrogens is 1. The van der Waals surface area contributed by atoms with Crippen LogP contribution in [0.25, 0.3) is 11.0 Å². The second-order valence-corrected chi connectivity index (χ2v) is 5.42. The van der Waals surface area contributed by atoms with Crippen LogP contribution in [0.4, 0.5) is 0 Å². The van der Waals surface area contributed by atoms with E-state index in [-0.39, 0.29) is 5.91 Å². The lowest BCUT2D eigenvalue weighted by molar-refractivity contribution is 0.0303. The first-order chi connectivity index (χ1) is 9.66. The van der Waals surface area contributed by atoms with E-state index < -0.39 is 0 Å². The van der Waals surface area contributed by atoms with Crippen LogP contribution in [0.5, 0.6) is 0 Å². The summed E-state index contributed by atoms with van der Waals surface area (Å²) < 4.78 is 5.30. The third-order valence-corrected chi connectivity index (χ3v) is 3.72. The maximum atomic E-state index is 12.6. The van der Waals surface area contributed by atoms with Gasteiger partial charge in [-0.1, -0.05) is 13.8 Å². The fraction of sp³-hybridized carbons (Fsp3) is 0.467. The lowest BCUT2D eigenvalue weighted by Crippen LogP contribution is -2.40. The van der Waals surface area contributed by atoms with Crippen molar-refractivity contribution < 1.29 is 9.53 Å². The van der Waals surface area contributed by atoms with Gasteiger partial charge < -0.3 is 14.6 Å². The van der Waals surface area contributed by atoms with E-state index in [4.69, 9.17) is 4.74 Å². The van der Waals surface area contributed by atoms with Crippen LogP contribution in [0, 0.1) is 0 Å². The molecule has 1 fully saturated rings. The van der Waals surface area contributed by atoms with Gasteiger partial charge in [0.2, 0.25) is 0 Å². The Morgan fingerprint density at radius 2 is 2.10 bits per heavy atom. The van der Waals surface area contributed by atoms with Crippen molar-refractivity contribution >= 4 is 16.9 Å². The summed E-state index contributed by atoms with van der Waals surface area (Å²) in [7, 11) is 0. The first-order valence-electron chi connectivity index (χ1n) is 7.01. The van der Waals surface area contributed by atoms with Gasteiger partial charge >= 0.3 is 0 Å². The second kappa shape index (κ2) is 5.25. The summed E-state index contributed by atoms with van der Waals surface area (Å²) >= 11 is 0. The quantitative estimate of drug-likeness (QED) is 0.912. The second-order valence-electron chi connectivity index (χ2n) is 5.42. The number of hydrogen-bond donors (Lipinski definition) is 1. The number of morpholine rings is 1. The van der Waals surface area contributed by atoms with Gasteiger partial charge in [-0.3, -0.25) is 4.79 Å². The standard InChI is InChI=1S/C15H19N3O2/c1-10(2)12-7-11(8-13-14(12)17-9-16-13)15(19)18-3-5-20-6-4-18/h7-10H,3-6H2,1-2H3,(H,16,17). The van der Waals surface area contributed by atoms with Crippen LogP contribution >= 0.6 is 0 Å². The molecule has 1 N–H and O–H groups in total. The van der Waals surface area contributed by atoms with Crippen molar-refractivity contribution in [3.8, 4) is 0 Å². The van der Waals surface area contributed by atoms with Gasteiger partial charge in [0.15, 0.2) is 0 Å². The van der Waals surface area contributed by atoms with Crippen molar-refractivity contribution in [2.75, 3.05) is 26.3 Å². The molecule has 5 heteroatoms. The molecule has 0 aliphatic carbocycles. The molecule has 1 aromatic carbocycles. The molecular weight excluding hydrogens is 254 g/mol. The zero-order valence-corrected chi connectivity index (χ0v) is 11.8. The van der Waals surface area contributed by atoms with E-state index in [2.05, 4.69) is 23.8 Å². The topological polar surface area (TPSA) is 58.2 Å². The van der Waals surface area contributed by atoms with Crippen LogP contribution < -0.4 is 0 Å². The Balaban J connectivity index is 2.00. The number of imidazole rings is 1. The van der Waals surface area contributed by atoms with E-state index >= 15 is 0 Å². The van der Waals surface area contributed by atoms with Crippen molar-refractivity contribution in [2.45, 2.75) is 19.8 Å². The molecule has 0 saturated carbocycles. The van der Waals surface area contributed by atoms with Crippen molar-refractivity contribution in [1.29, 1.82) is 0 Å². The third-order valence-electron chi connectivity index (χ3n) is 3.72. The summed E-state index contributed by atoms with van der Waals surface area (Å²) in [6.07, 6.45) is 1.68. The molecule has 1 amide bonds. The molecule has 2 aromatic rings. The number of hydrogen-bond acceptors (Lipinski definition) is 3. The highest BCUT2D eigenvalue weighted by Gasteiger charge is 2.20. The van der Waals surface area contributed by atoms with E-state index in [9.17, 15) is 4.79 Å². The van der Waals surface area contributed by atoms with Crippen LogP contribution in [-0.4, -0.2) is 47.1 Å². The van der Waals surface area contributed by atoms with Crippen molar-refractivity contribution in [1.82, 2.24) is 14.9 Å². The molecule has 106 valence electrons. The number of nitrogens with one attached hydrogen (secondary N) is 1. The Labute approximate surface area is 117 Å². The Hall–Kier alpha value is -1.88. The molecule has 5 nitrogen and oxygen atoms in total. The molecular formula is C15H19N3O2. The summed E-state index contributed by atoms with van der Waals surface area (Å²) in [6.45, 7) is 6.80. The van der Waals surface area contributed by atoms with Crippen LogP contribution in [0.1, 0.15) is 35.7 Å². The van der Waals surface area contributed by atoms with Crippen LogP contribution in [0.3, 0.4) is 0 Å². The number of amides is 1. The zero-order valence-electron chi connectivity index (χ0n) is 11.8. The lowest BCUT2D eigenvalue weighted by atomic mass is 9.98. The Bertz CT molecular complexity index is 627. The summed E-state index contributed by atoms with van der Waals surface area (Å²) in [5, 5.41) is 0. The van der Waals surface area contributed by atoms with Crippen molar-refractivity contribution in [3.05, 3.63) is 29.6 Å². The van der Waals surface area contributed by atoms with Gasteiger partial charge in [0.1, 0.15) is 0 Å². The number of carbonyl (C=O) groups excluding carboxylic acids is 1. The van der Waals surface area contributed by atoms with Crippen LogP contribution in [-0.2, 0) is 4.74 Å². The highest BCUT2D eigenvalue weighted by Crippen LogP contribution is 2.25. The molecule has 1 saturated heterocycles. The molecule has 0 atom stereocenters. The van der Waals surface area contributed by atoms with E-state index in [0.717, 1.165) is 22.2 Å². The van der Waals surface area contributed by atoms with Gasteiger partial charge in [0.05, 0.1) is 30.6 Å². The zero-order chi connectivity index (χ0) is 14.1. The average Bonchev–Trinajstić information content (AvgIpc) is 2.94. The normalized spacial score (nSPS) is 16.1. The number of fused-ring (bicyclic) bond motifs is 1. The van der Waals surface area contributed by atoms with Gasteiger partial charge in [-0.05, 0) is 23.6 Å². The van der Waals surface area contributed by atoms with Crippen molar-refractivity contribution in [2.24, 2.45) is 0 Å². The molecule has 1 aliphatic heterocycles. The number of rotatable bonds is 2. The van der Waals surface area contributed by atoms with E-state index in [1.165, 1.54) is 0 Å². The highest BCUT2D eigenvalue weighted by atomic mass is 16.5. The van der Waals surface area contributed by atoms with Gasteiger partial charge in [-0.2, -0.15) is 0 Å². The molecule has 1 aliphatic rings. The minimum atomic E-state index is 0.0756. The van der Waals surface area contributed by atoms with Gasteiger partial charge in [0.25, 0.3) is 5.91 Å². The molecule has 3 rings (SSSR count). The molecule has 20 heavy (non-hydrogen) atoms. The van der Waals surface area contributed by atoms with Gasteiger partial charge in [-0.15, -0.1) is 0 Å². The highest BCUT2D eigenvalue weighted by molar-refractivity contribution is 5.98. The summed E-state index contributed by atoms with van der Waals surface area (Å²) in [6, 6.07) is 3.87. The third kappa shape index (κ3) is 2.29. The fourth-order valence-corrected chi connectivity index (χ4v) is 2.59. The minimum Gasteiger partial charge on any atom is -0.378 e. The minimum absolute atomic E-state index is 0.0756. The number of ether oxygens (including phenoxy) is 1. The first kappa shape index (κ1) is 13.1. The number of carbonyl (C=O) groups is 1. The summed E-state index contributed by atoms with van der Waals surface area (Å²) in [5.41, 5.74) is 3.72. The average molecular weight is 273 g/mol. The van der Waals surface area contributed by atoms with E-state index in [1.54, 1.807) is 6.33 Å². The van der Waals surface area contributed by atoms with Crippen LogP contribution in [0.15, 0.2) is 18.5 Å². The predicted octanol–water partition coefficient (Wildman–Crippen LogP) is 2.16. The number of benzene rings is 1. The smallest absolute Gasteiger partial charge is 0.254 e. The maximum absolute atomic E-state index is 12.6. The van der Waals surface area contributed by atoms with E-state index in [0.29, 0.717) is 32.2 Å². The molecule has 1 aromatic heterocycles. The number of aromatic nitrogens is 2. The van der Waals surface area contributed by atoms with E-state index in [1.807, 2.05) is 17.0 Å². The Kier molecular flexibility index (Phi) is 3.44. The maximum Gasteiger partial charge on any atom is 0.254 e. The largest absolute Gasteiger partial charge is 0.378 e. The molecule has 0 bridgehead atoms. The molecule has 0 radical (unpaired) electrons. The number of aromatic amines is 1. The Morgan fingerprint density at radius 1 is 1.35 bits per heavy atom. The van der Waals surface area contributed by atoms with Crippen LogP contribution in [0.2, 0.25) is 0 Å². The predicted molar refractivity (Wildman–Crippen MR) is 76.9 cm³/mol. The number of nitrogens with zero attached hydrogens (tertiary/aromatic N) is 2. The van der Waals surface area contributed by atoms with Crippen molar-refractivity contribution in [3.63, 3.8) is 0 Å². The van der Waals surface area contributed by atoms with Gasteiger partial charge in [-0.25, -0.2) is 4.98 Å². The molecule has 2 heterocycles. The van der Waals surface area contributed by atoms with Gasteiger partial charge in [0, 0.05) is 18.7 Å². The lowest BCUT2D eigenvalue weighted by Gasteiger charge is -2.27. The monoisotopic (exact) mass is 273 g/mol. The summed E-state index contributed by atoms with van der Waals surface area (Å²) in [5.74, 6) is 0.407. The molecule has 0 unspecified atom stereocenters. The summed E-state index contributed by atoms with van der Waals surface area (Å²) in [4.78, 5) is 21.9.